The van der Waals surface area contributed by atoms with Crippen molar-refractivity contribution in [1.82, 2.24) is 0 Å². The largest absolute Gasteiger partial charge is 0.478 e. The second-order valence-corrected chi connectivity index (χ2v) is 11.7. The maximum atomic E-state index is 6.42. The van der Waals surface area contributed by atoms with Crippen LogP contribution in [0.1, 0.15) is 52.7 Å². The lowest BCUT2D eigenvalue weighted by atomic mass is 9.75. The van der Waals surface area contributed by atoms with Gasteiger partial charge in [0.15, 0.2) is 11.8 Å². The van der Waals surface area contributed by atoms with Gasteiger partial charge in [0.25, 0.3) is 0 Å². The molecule has 4 rings (SSSR count). The second kappa shape index (κ2) is 8.96. The molecule has 2 aliphatic heterocycles. The van der Waals surface area contributed by atoms with Gasteiger partial charge in [0.2, 0.25) is 0 Å². The van der Waals surface area contributed by atoms with Gasteiger partial charge in [0.05, 0.1) is 12.1 Å². The minimum atomic E-state index is -0.581. The molecule has 0 radical (unpaired) electrons. The Balaban J connectivity index is 1.86. The van der Waals surface area contributed by atoms with Crippen LogP contribution in [0.25, 0.3) is 0 Å². The summed E-state index contributed by atoms with van der Waals surface area (Å²) >= 11 is 0. The first kappa shape index (κ1) is 23.5. The number of rotatable bonds is 6. The summed E-state index contributed by atoms with van der Waals surface area (Å²) in [6, 6.07) is 21.4. The van der Waals surface area contributed by atoms with Gasteiger partial charge in [0, 0.05) is 0 Å². The van der Waals surface area contributed by atoms with Crippen molar-refractivity contribution >= 4 is 11.8 Å². The average molecular weight is 447 g/mol. The minimum absolute atomic E-state index is 0.0271. The predicted molar refractivity (Wildman–Crippen MR) is 136 cm³/mol. The van der Waals surface area contributed by atoms with Crippen molar-refractivity contribution in [3.8, 4) is 0 Å². The van der Waals surface area contributed by atoms with Crippen molar-refractivity contribution in [2.24, 2.45) is 26.2 Å². The highest BCUT2D eigenvalue weighted by Crippen LogP contribution is 2.40. The maximum absolute atomic E-state index is 6.42. The zero-order chi connectivity index (χ0) is 23.7. The fraction of sp³-hybridized carbons (Fsp3) is 0.517. The molecule has 2 aromatic carbocycles. The summed E-state index contributed by atoms with van der Waals surface area (Å²) in [6.45, 7) is 14.5. The molecule has 2 aliphatic rings. The summed E-state index contributed by atoms with van der Waals surface area (Å²) in [4.78, 5) is 10.4. The van der Waals surface area contributed by atoms with Crippen molar-refractivity contribution in [1.29, 1.82) is 0 Å². The van der Waals surface area contributed by atoms with Gasteiger partial charge in [-0.2, -0.15) is 0 Å². The van der Waals surface area contributed by atoms with E-state index in [4.69, 9.17) is 19.5 Å². The standard InChI is InChI=1S/C29H38N2O2/c1-27(2,3)23-19-32-25(30-23)29(17-21-13-9-7-10-14-21,18-22-15-11-8-12-16-22)26-31-24(20-33-26)28(4,5)6/h7-16,23-24H,17-20H2,1-6H3/t23-,24+. The van der Waals surface area contributed by atoms with Crippen LogP contribution in [0.3, 0.4) is 0 Å². The molecule has 4 nitrogen and oxygen atoms in total. The summed E-state index contributed by atoms with van der Waals surface area (Å²) in [7, 11) is 0. The minimum Gasteiger partial charge on any atom is -0.478 e. The van der Waals surface area contributed by atoms with Gasteiger partial charge < -0.3 is 9.47 Å². The summed E-state index contributed by atoms with van der Waals surface area (Å²) < 4.78 is 12.8. The Morgan fingerprint density at radius 1 is 0.636 bits per heavy atom. The summed E-state index contributed by atoms with van der Waals surface area (Å²) in [5, 5.41) is 0. The van der Waals surface area contributed by atoms with E-state index < -0.39 is 5.41 Å². The predicted octanol–water partition coefficient (Wildman–Crippen LogP) is 6.15. The normalized spacial score (nSPS) is 21.3. The zero-order valence-corrected chi connectivity index (χ0v) is 21.0. The topological polar surface area (TPSA) is 43.2 Å². The Bertz CT molecular complexity index is 914. The first-order valence-electron chi connectivity index (χ1n) is 12.1. The fourth-order valence-corrected chi connectivity index (χ4v) is 4.50. The number of aliphatic imine (C=N–C) groups is 2. The van der Waals surface area contributed by atoms with Crippen molar-refractivity contribution < 1.29 is 9.47 Å². The van der Waals surface area contributed by atoms with Crippen LogP contribution < -0.4 is 0 Å². The molecule has 33 heavy (non-hydrogen) atoms. The van der Waals surface area contributed by atoms with E-state index in [1.54, 1.807) is 0 Å². The molecule has 0 unspecified atom stereocenters. The smallest absolute Gasteiger partial charge is 0.200 e. The molecular formula is C29H38N2O2. The molecule has 0 bridgehead atoms. The highest BCUT2D eigenvalue weighted by Gasteiger charge is 2.50. The summed E-state index contributed by atoms with van der Waals surface area (Å²) in [5.74, 6) is 1.53. The van der Waals surface area contributed by atoms with E-state index >= 15 is 0 Å². The van der Waals surface area contributed by atoms with E-state index in [0.717, 1.165) is 24.6 Å². The van der Waals surface area contributed by atoms with Crippen LogP contribution in [-0.2, 0) is 22.3 Å². The van der Waals surface area contributed by atoms with Crippen LogP contribution in [0.2, 0.25) is 0 Å². The summed E-state index contributed by atoms with van der Waals surface area (Å²) in [6.07, 6.45) is 1.46. The number of hydrogen-bond donors (Lipinski definition) is 0. The Labute approximate surface area is 199 Å². The highest BCUT2D eigenvalue weighted by molar-refractivity contribution is 6.07. The Morgan fingerprint density at radius 3 is 1.30 bits per heavy atom. The molecule has 0 saturated heterocycles. The van der Waals surface area contributed by atoms with Crippen molar-refractivity contribution in [2.45, 2.75) is 66.5 Å². The third-order valence-corrected chi connectivity index (χ3v) is 6.82. The molecule has 0 amide bonds. The van der Waals surface area contributed by atoms with E-state index in [2.05, 4.69) is 102 Å². The fourth-order valence-electron chi connectivity index (χ4n) is 4.50. The van der Waals surface area contributed by atoms with Crippen molar-refractivity contribution in [2.75, 3.05) is 13.2 Å². The van der Waals surface area contributed by atoms with Crippen molar-refractivity contribution in [3.05, 3.63) is 71.8 Å². The number of ether oxygens (including phenoxy) is 2. The molecule has 0 spiro atoms. The van der Waals surface area contributed by atoms with Gasteiger partial charge in [-0.1, -0.05) is 102 Å². The number of nitrogens with zero attached hydrogens (tertiary/aromatic N) is 2. The number of benzene rings is 2. The van der Waals surface area contributed by atoms with Crippen LogP contribution in [0.4, 0.5) is 0 Å². The van der Waals surface area contributed by atoms with E-state index in [0.29, 0.717) is 13.2 Å². The van der Waals surface area contributed by atoms with Crippen LogP contribution in [0.5, 0.6) is 0 Å². The Kier molecular flexibility index (Phi) is 6.39. The van der Waals surface area contributed by atoms with Gasteiger partial charge in [-0.15, -0.1) is 0 Å². The van der Waals surface area contributed by atoms with Crippen LogP contribution in [-0.4, -0.2) is 37.1 Å². The Hall–Kier alpha value is -2.62. The van der Waals surface area contributed by atoms with Gasteiger partial charge in [-0.05, 0) is 34.8 Å². The second-order valence-electron chi connectivity index (χ2n) is 11.7. The zero-order valence-electron chi connectivity index (χ0n) is 21.0. The molecule has 176 valence electrons. The molecular weight excluding hydrogens is 408 g/mol. The van der Waals surface area contributed by atoms with Gasteiger partial charge in [0.1, 0.15) is 18.6 Å². The summed E-state index contributed by atoms with van der Waals surface area (Å²) in [5.41, 5.74) is 1.93. The van der Waals surface area contributed by atoms with Gasteiger partial charge in [-0.25, -0.2) is 9.98 Å². The quantitative estimate of drug-likeness (QED) is 0.534. The van der Waals surface area contributed by atoms with Crippen LogP contribution in [0, 0.1) is 16.2 Å². The van der Waals surface area contributed by atoms with E-state index in [1.165, 1.54) is 11.1 Å². The lowest BCUT2D eigenvalue weighted by molar-refractivity contribution is 0.207. The van der Waals surface area contributed by atoms with E-state index in [-0.39, 0.29) is 22.9 Å². The molecule has 4 heteroatoms. The molecule has 0 N–H and O–H groups in total. The lowest BCUT2D eigenvalue weighted by Crippen LogP contribution is -2.44. The SMILES string of the molecule is CC(C)(C)[C@@H]1COC(C(Cc2ccccc2)(Cc2ccccc2)C2=N[C@@H](C(C)(C)C)CO2)=N1. The molecule has 0 fully saturated rings. The maximum Gasteiger partial charge on any atom is 0.200 e. The molecule has 0 saturated carbocycles. The van der Waals surface area contributed by atoms with Crippen molar-refractivity contribution in [3.63, 3.8) is 0 Å². The van der Waals surface area contributed by atoms with E-state index in [1.807, 2.05) is 0 Å². The number of hydrogen-bond acceptors (Lipinski definition) is 4. The monoisotopic (exact) mass is 446 g/mol. The first-order chi connectivity index (χ1) is 15.6. The third-order valence-electron chi connectivity index (χ3n) is 6.82. The molecule has 0 aromatic heterocycles. The van der Waals surface area contributed by atoms with Gasteiger partial charge in [-0.3, -0.25) is 0 Å². The lowest BCUT2D eigenvalue weighted by Gasteiger charge is -2.32. The average Bonchev–Trinajstić information content (AvgIpc) is 3.45. The highest BCUT2D eigenvalue weighted by atomic mass is 16.5. The van der Waals surface area contributed by atoms with Crippen LogP contribution in [0.15, 0.2) is 70.6 Å². The Morgan fingerprint density at radius 2 is 1.00 bits per heavy atom. The van der Waals surface area contributed by atoms with Crippen LogP contribution >= 0.6 is 0 Å². The van der Waals surface area contributed by atoms with Gasteiger partial charge >= 0.3 is 0 Å². The molecule has 2 atom stereocenters. The van der Waals surface area contributed by atoms with E-state index in [9.17, 15) is 0 Å². The molecule has 2 aromatic rings. The molecule has 0 aliphatic carbocycles. The first-order valence-corrected chi connectivity index (χ1v) is 12.1. The molecule has 2 heterocycles. The third kappa shape index (κ3) is 5.15.